The predicted molar refractivity (Wildman–Crippen MR) is 73.9 cm³/mol. The van der Waals surface area contributed by atoms with E-state index >= 15 is 0 Å². The lowest BCUT2D eigenvalue weighted by Crippen LogP contribution is -2.26. The van der Waals surface area contributed by atoms with E-state index in [2.05, 4.69) is 4.72 Å². The molecule has 1 unspecified atom stereocenters. The molecule has 8 heteroatoms. The number of sulfonamides is 1. The van der Waals surface area contributed by atoms with Gasteiger partial charge in [-0.15, -0.1) is 0 Å². The molecule has 20 heavy (non-hydrogen) atoms. The summed E-state index contributed by atoms with van der Waals surface area (Å²) < 4.78 is 26.3. The molecule has 0 heterocycles. The number of aromatic carboxylic acids is 1. The number of nitrogen functional groups attached to an aromatic ring is 1. The Bertz CT molecular complexity index is 584. The van der Waals surface area contributed by atoms with Crippen molar-refractivity contribution in [3.63, 3.8) is 0 Å². The minimum Gasteiger partial charge on any atom is -0.478 e. The Hall–Kier alpha value is -1.64. The third kappa shape index (κ3) is 4.48. The van der Waals surface area contributed by atoms with Crippen LogP contribution in [0.25, 0.3) is 0 Å². The molecule has 1 aromatic rings. The van der Waals surface area contributed by atoms with Crippen molar-refractivity contribution < 1.29 is 23.4 Å². The van der Waals surface area contributed by atoms with Crippen LogP contribution in [0.1, 0.15) is 30.1 Å². The molecule has 0 saturated heterocycles. The van der Waals surface area contributed by atoms with Gasteiger partial charge in [0.25, 0.3) is 0 Å². The van der Waals surface area contributed by atoms with Crippen LogP contribution in [0.2, 0.25) is 0 Å². The number of aliphatic hydroxyl groups excluding tert-OH is 1. The van der Waals surface area contributed by atoms with Gasteiger partial charge in [-0.3, -0.25) is 0 Å². The summed E-state index contributed by atoms with van der Waals surface area (Å²) in [6.45, 7) is 1.80. The summed E-state index contributed by atoms with van der Waals surface area (Å²) in [6, 6.07) is 3.45. The molecule has 0 aromatic heterocycles. The van der Waals surface area contributed by atoms with Crippen molar-refractivity contribution in [2.75, 3.05) is 12.3 Å². The van der Waals surface area contributed by atoms with E-state index in [9.17, 15) is 13.2 Å². The maximum Gasteiger partial charge on any atom is 0.335 e. The SMILES string of the molecule is CC(O)CCCNS(=O)(=O)c1ccc(C(=O)O)cc1N. The highest BCUT2D eigenvalue weighted by atomic mass is 32.2. The fraction of sp³-hybridized carbons (Fsp3) is 0.417. The van der Waals surface area contributed by atoms with Crippen LogP contribution in [-0.2, 0) is 10.0 Å². The van der Waals surface area contributed by atoms with Crippen LogP contribution in [0.5, 0.6) is 0 Å². The van der Waals surface area contributed by atoms with Crippen molar-refractivity contribution in [3.8, 4) is 0 Å². The monoisotopic (exact) mass is 302 g/mol. The summed E-state index contributed by atoms with van der Waals surface area (Å²) >= 11 is 0. The largest absolute Gasteiger partial charge is 0.478 e. The third-order valence-electron chi connectivity index (χ3n) is 2.64. The lowest BCUT2D eigenvalue weighted by molar-refractivity contribution is 0.0697. The molecule has 0 spiro atoms. The van der Waals surface area contributed by atoms with E-state index in [4.69, 9.17) is 15.9 Å². The van der Waals surface area contributed by atoms with E-state index in [-0.39, 0.29) is 22.7 Å². The number of nitrogens with one attached hydrogen (secondary N) is 1. The highest BCUT2D eigenvalue weighted by Crippen LogP contribution is 2.19. The molecule has 0 fully saturated rings. The van der Waals surface area contributed by atoms with Crippen molar-refractivity contribution in [2.24, 2.45) is 0 Å². The summed E-state index contributed by atoms with van der Waals surface area (Å²) in [7, 11) is -3.78. The molecule has 0 aliphatic carbocycles. The first kappa shape index (κ1) is 16.4. The molecule has 0 radical (unpaired) electrons. The maximum absolute atomic E-state index is 12.0. The van der Waals surface area contributed by atoms with Crippen molar-refractivity contribution in [1.29, 1.82) is 0 Å². The van der Waals surface area contributed by atoms with Crippen LogP contribution in [0.3, 0.4) is 0 Å². The van der Waals surface area contributed by atoms with Gasteiger partial charge in [-0.2, -0.15) is 0 Å². The number of carbonyl (C=O) groups is 1. The highest BCUT2D eigenvalue weighted by molar-refractivity contribution is 7.89. The Morgan fingerprint density at radius 3 is 2.60 bits per heavy atom. The number of anilines is 1. The van der Waals surface area contributed by atoms with Gasteiger partial charge >= 0.3 is 5.97 Å². The van der Waals surface area contributed by atoms with Gasteiger partial charge in [-0.25, -0.2) is 17.9 Å². The number of rotatable bonds is 7. The lowest BCUT2D eigenvalue weighted by Gasteiger charge is -2.10. The van der Waals surface area contributed by atoms with Gasteiger partial charge in [0.15, 0.2) is 0 Å². The number of hydrogen-bond acceptors (Lipinski definition) is 5. The average molecular weight is 302 g/mol. The molecule has 0 saturated carbocycles. The number of benzene rings is 1. The molecule has 1 atom stereocenters. The van der Waals surface area contributed by atoms with E-state index < -0.39 is 22.1 Å². The molecule has 0 amide bonds. The summed E-state index contributed by atoms with van der Waals surface area (Å²) in [5.41, 5.74) is 5.38. The Morgan fingerprint density at radius 1 is 1.45 bits per heavy atom. The summed E-state index contributed by atoms with van der Waals surface area (Å²) in [5, 5.41) is 17.9. The zero-order valence-electron chi connectivity index (χ0n) is 11.0. The van der Waals surface area contributed by atoms with Crippen LogP contribution >= 0.6 is 0 Å². The first-order valence-corrected chi connectivity index (χ1v) is 7.53. The predicted octanol–water partition coefficient (Wildman–Crippen LogP) is 0.406. The molecule has 0 aliphatic rings. The summed E-state index contributed by atoms with van der Waals surface area (Å²) in [4.78, 5) is 10.6. The minimum absolute atomic E-state index is 0.0736. The number of carboxylic acid groups (broad SMARTS) is 1. The maximum atomic E-state index is 12.0. The zero-order valence-corrected chi connectivity index (χ0v) is 11.9. The van der Waals surface area contributed by atoms with Gasteiger partial charge in [0.05, 0.1) is 17.4 Å². The van der Waals surface area contributed by atoms with Crippen molar-refractivity contribution in [1.82, 2.24) is 4.72 Å². The molecule has 5 N–H and O–H groups in total. The van der Waals surface area contributed by atoms with Crippen LogP contribution in [-0.4, -0.2) is 37.2 Å². The van der Waals surface area contributed by atoms with Gasteiger partial charge in [-0.1, -0.05) is 0 Å². The third-order valence-corrected chi connectivity index (χ3v) is 4.17. The Balaban J connectivity index is 2.80. The number of hydrogen-bond donors (Lipinski definition) is 4. The first-order chi connectivity index (χ1) is 9.24. The summed E-state index contributed by atoms with van der Waals surface area (Å²) in [6.07, 6.45) is 0.486. The fourth-order valence-corrected chi connectivity index (χ4v) is 2.79. The van der Waals surface area contributed by atoms with Crippen LogP contribution in [0.4, 0.5) is 5.69 Å². The van der Waals surface area contributed by atoms with Crippen LogP contribution < -0.4 is 10.5 Å². The van der Waals surface area contributed by atoms with Crippen molar-refractivity contribution >= 4 is 21.7 Å². The molecule has 0 aliphatic heterocycles. The normalized spacial score (nSPS) is 13.1. The smallest absolute Gasteiger partial charge is 0.335 e. The lowest BCUT2D eigenvalue weighted by atomic mass is 10.2. The van der Waals surface area contributed by atoms with Gasteiger partial charge in [0, 0.05) is 6.54 Å². The molecule has 1 rings (SSSR count). The topological polar surface area (TPSA) is 130 Å². The quantitative estimate of drug-likeness (QED) is 0.426. The molecular formula is C12H18N2O5S. The zero-order chi connectivity index (χ0) is 15.3. The highest BCUT2D eigenvalue weighted by Gasteiger charge is 2.18. The van der Waals surface area contributed by atoms with E-state index in [1.54, 1.807) is 6.92 Å². The van der Waals surface area contributed by atoms with E-state index in [0.29, 0.717) is 12.8 Å². The number of nitrogens with two attached hydrogens (primary N) is 1. The average Bonchev–Trinajstić information content (AvgIpc) is 2.34. The fourth-order valence-electron chi connectivity index (χ4n) is 1.61. The molecule has 1 aromatic carbocycles. The van der Waals surface area contributed by atoms with E-state index in [1.807, 2.05) is 0 Å². The van der Waals surface area contributed by atoms with Crippen LogP contribution in [0, 0.1) is 0 Å². The van der Waals surface area contributed by atoms with Crippen LogP contribution in [0.15, 0.2) is 23.1 Å². The molecule has 7 nitrogen and oxygen atoms in total. The summed E-state index contributed by atoms with van der Waals surface area (Å²) in [5.74, 6) is -1.18. The van der Waals surface area contributed by atoms with E-state index in [0.717, 1.165) is 12.1 Å². The Morgan fingerprint density at radius 2 is 2.10 bits per heavy atom. The standard InChI is InChI=1S/C12H18N2O5S/c1-8(15)3-2-6-14-20(18,19)11-5-4-9(12(16)17)7-10(11)13/h4-5,7-8,14-15H,2-3,6,13H2,1H3,(H,16,17). The molecular weight excluding hydrogens is 284 g/mol. The molecule has 112 valence electrons. The van der Waals surface area contributed by atoms with E-state index in [1.165, 1.54) is 6.07 Å². The first-order valence-electron chi connectivity index (χ1n) is 6.04. The van der Waals surface area contributed by atoms with Gasteiger partial charge in [0.1, 0.15) is 4.90 Å². The second-order valence-electron chi connectivity index (χ2n) is 4.45. The second-order valence-corrected chi connectivity index (χ2v) is 6.18. The Labute approximate surface area is 117 Å². The number of carboxylic acids is 1. The van der Waals surface area contributed by atoms with Gasteiger partial charge in [0.2, 0.25) is 10.0 Å². The second kappa shape index (κ2) is 6.69. The van der Waals surface area contributed by atoms with Gasteiger partial charge < -0.3 is 15.9 Å². The van der Waals surface area contributed by atoms with Gasteiger partial charge in [-0.05, 0) is 38.0 Å². The number of aliphatic hydroxyl groups is 1. The molecule has 0 bridgehead atoms. The van der Waals surface area contributed by atoms with Crippen molar-refractivity contribution in [3.05, 3.63) is 23.8 Å². The van der Waals surface area contributed by atoms with Crippen molar-refractivity contribution in [2.45, 2.75) is 30.8 Å². The Kier molecular flexibility index (Phi) is 5.49. The minimum atomic E-state index is -3.78.